The van der Waals surface area contributed by atoms with Crippen molar-refractivity contribution in [3.8, 4) is 0 Å². The highest BCUT2D eigenvalue weighted by atomic mass is 32.1. The van der Waals surface area contributed by atoms with E-state index in [1.807, 2.05) is 33.8 Å². The Morgan fingerprint density at radius 3 is 2.21 bits per heavy atom. The summed E-state index contributed by atoms with van der Waals surface area (Å²) >= 11 is 5.07. The Bertz CT molecular complexity index is 563. The predicted molar refractivity (Wildman–Crippen MR) is 99.3 cm³/mol. The van der Waals surface area contributed by atoms with Crippen molar-refractivity contribution in [2.24, 2.45) is 5.92 Å². The predicted octanol–water partition coefficient (Wildman–Crippen LogP) is 1.73. The van der Waals surface area contributed by atoms with Crippen molar-refractivity contribution < 1.29 is 9.59 Å². The van der Waals surface area contributed by atoms with E-state index in [9.17, 15) is 9.59 Å². The van der Waals surface area contributed by atoms with Crippen molar-refractivity contribution in [2.45, 2.75) is 46.2 Å². The number of hydrazine groups is 1. The molecule has 0 bridgehead atoms. The third-order valence-corrected chi connectivity index (χ3v) is 3.76. The van der Waals surface area contributed by atoms with Gasteiger partial charge in [0.05, 0.1) is 0 Å². The van der Waals surface area contributed by atoms with E-state index in [4.69, 9.17) is 12.2 Å². The zero-order valence-electron chi connectivity index (χ0n) is 14.6. The van der Waals surface area contributed by atoms with E-state index < -0.39 is 6.04 Å². The summed E-state index contributed by atoms with van der Waals surface area (Å²) in [5, 5.41) is 6.09. The van der Waals surface area contributed by atoms with Crippen LogP contribution in [0.1, 0.15) is 44.5 Å². The summed E-state index contributed by atoms with van der Waals surface area (Å²) in [4.78, 5) is 24.7. The molecule has 1 rings (SSSR count). The first-order valence-corrected chi connectivity index (χ1v) is 8.48. The van der Waals surface area contributed by atoms with E-state index in [1.165, 1.54) is 0 Å². The standard InChI is InChI=1S/C17H26N4O2S/c1-5-12(4)14(16(23)20-21-17(24)18-11(2)3)19-15(22)13-9-7-6-8-10-13/h6-12,14H,5H2,1-4H3,(H,19,22)(H,20,23)(H2,18,21,24)/t12-,14-/m0/s1. The van der Waals surface area contributed by atoms with Gasteiger partial charge in [0.1, 0.15) is 6.04 Å². The van der Waals surface area contributed by atoms with E-state index in [0.29, 0.717) is 10.7 Å². The number of benzene rings is 1. The largest absolute Gasteiger partial charge is 0.359 e. The molecule has 0 aliphatic carbocycles. The maximum Gasteiger partial charge on any atom is 0.261 e. The monoisotopic (exact) mass is 350 g/mol. The number of nitrogens with one attached hydrogen (secondary N) is 4. The second kappa shape index (κ2) is 9.87. The van der Waals surface area contributed by atoms with Crippen molar-refractivity contribution in [3.05, 3.63) is 35.9 Å². The van der Waals surface area contributed by atoms with Gasteiger partial charge in [-0.05, 0) is 44.1 Å². The first kappa shape index (κ1) is 19.9. The van der Waals surface area contributed by atoms with E-state index >= 15 is 0 Å². The molecule has 0 aliphatic heterocycles. The molecule has 2 amide bonds. The Labute approximate surface area is 148 Å². The molecule has 1 aromatic carbocycles. The molecular weight excluding hydrogens is 324 g/mol. The summed E-state index contributed by atoms with van der Waals surface area (Å²) in [5.74, 6) is -0.633. The molecular formula is C17H26N4O2S. The van der Waals surface area contributed by atoms with E-state index in [1.54, 1.807) is 24.3 Å². The summed E-state index contributed by atoms with van der Waals surface area (Å²) in [6, 6.07) is 8.32. The van der Waals surface area contributed by atoms with Crippen molar-refractivity contribution in [1.29, 1.82) is 0 Å². The summed E-state index contributed by atoms with van der Waals surface area (Å²) < 4.78 is 0. The lowest BCUT2D eigenvalue weighted by Crippen LogP contribution is -2.56. The van der Waals surface area contributed by atoms with Gasteiger partial charge in [0, 0.05) is 11.6 Å². The molecule has 0 radical (unpaired) electrons. The normalized spacial score (nSPS) is 12.9. The van der Waals surface area contributed by atoms with Gasteiger partial charge in [0.25, 0.3) is 11.8 Å². The molecule has 0 unspecified atom stereocenters. The van der Waals surface area contributed by atoms with E-state index in [0.717, 1.165) is 6.42 Å². The van der Waals surface area contributed by atoms with Crippen molar-refractivity contribution in [1.82, 2.24) is 21.5 Å². The molecule has 4 N–H and O–H groups in total. The zero-order valence-corrected chi connectivity index (χ0v) is 15.4. The van der Waals surface area contributed by atoms with Gasteiger partial charge >= 0.3 is 0 Å². The molecule has 0 aromatic heterocycles. The topological polar surface area (TPSA) is 82.3 Å². The molecule has 7 heteroatoms. The first-order valence-electron chi connectivity index (χ1n) is 8.07. The van der Waals surface area contributed by atoms with Gasteiger partial charge in [-0.2, -0.15) is 0 Å². The van der Waals surface area contributed by atoms with E-state index in [-0.39, 0.29) is 23.8 Å². The van der Waals surface area contributed by atoms with Crippen LogP contribution in [0, 0.1) is 5.92 Å². The quantitative estimate of drug-likeness (QED) is 0.464. The maximum atomic E-state index is 12.4. The average molecular weight is 350 g/mol. The highest BCUT2D eigenvalue weighted by Crippen LogP contribution is 2.09. The van der Waals surface area contributed by atoms with Crippen molar-refractivity contribution >= 4 is 29.1 Å². The van der Waals surface area contributed by atoms with E-state index in [2.05, 4.69) is 21.5 Å². The molecule has 0 heterocycles. The molecule has 0 aliphatic rings. The number of hydrogen-bond acceptors (Lipinski definition) is 3. The molecule has 0 fully saturated rings. The molecule has 0 spiro atoms. The van der Waals surface area contributed by atoms with Gasteiger partial charge in [-0.1, -0.05) is 38.5 Å². The van der Waals surface area contributed by atoms with Gasteiger partial charge in [-0.3, -0.25) is 20.4 Å². The van der Waals surface area contributed by atoms with Gasteiger partial charge < -0.3 is 10.6 Å². The highest BCUT2D eigenvalue weighted by molar-refractivity contribution is 7.80. The number of hydrogen-bond donors (Lipinski definition) is 4. The second-order valence-electron chi connectivity index (χ2n) is 5.95. The Morgan fingerprint density at radius 1 is 1.04 bits per heavy atom. The second-order valence-corrected chi connectivity index (χ2v) is 6.35. The number of amides is 2. The summed E-state index contributed by atoms with van der Waals surface area (Å²) in [5.41, 5.74) is 5.73. The van der Waals surface area contributed by atoms with Crippen LogP contribution in [0.5, 0.6) is 0 Å². The molecule has 6 nitrogen and oxygen atoms in total. The molecule has 24 heavy (non-hydrogen) atoms. The molecule has 0 saturated heterocycles. The van der Waals surface area contributed by atoms with Gasteiger partial charge in [-0.15, -0.1) is 0 Å². The fourth-order valence-corrected chi connectivity index (χ4v) is 2.30. The fourth-order valence-electron chi connectivity index (χ4n) is 2.01. The lowest BCUT2D eigenvalue weighted by atomic mass is 9.98. The number of rotatable bonds is 6. The van der Waals surface area contributed by atoms with Crippen molar-refractivity contribution in [2.75, 3.05) is 0 Å². The minimum absolute atomic E-state index is 0.0221. The van der Waals surface area contributed by atoms with Crippen LogP contribution in [0.25, 0.3) is 0 Å². The average Bonchev–Trinajstić information content (AvgIpc) is 2.56. The van der Waals surface area contributed by atoms with Crippen LogP contribution in [0.2, 0.25) is 0 Å². The third kappa shape index (κ3) is 6.54. The minimum atomic E-state index is -0.656. The Balaban J connectivity index is 2.69. The molecule has 1 aromatic rings. The molecule has 2 atom stereocenters. The Morgan fingerprint density at radius 2 is 1.67 bits per heavy atom. The Hall–Kier alpha value is -2.15. The van der Waals surface area contributed by atoms with Crippen LogP contribution in [0.3, 0.4) is 0 Å². The number of carbonyl (C=O) groups excluding carboxylic acids is 2. The van der Waals surface area contributed by atoms with Gasteiger partial charge in [0.2, 0.25) is 0 Å². The maximum absolute atomic E-state index is 12.4. The van der Waals surface area contributed by atoms with Crippen LogP contribution < -0.4 is 21.5 Å². The van der Waals surface area contributed by atoms with Crippen molar-refractivity contribution in [3.63, 3.8) is 0 Å². The lowest BCUT2D eigenvalue weighted by molar-refractivity contribution is -0.124. The van der Waals surface area contributed by atoms with Crippen LogP contribution in [0.15, 0.2) is 30.3 Å². The van der Waals surface area contributed by atoms with Gasteiger partial charge in [-0.25, -0.2) is 0 Å². The van der Waals surface area contributed by atoms with Crippen LogP contribution in [0.4, 0.5) is 0 Å². The molecule has 0 saturated carbocycles. The smallest absolute Gasteiger partial charge is 0.261 e. The first-order chi connectivity index (χ1) is 11.3. The molecule has 132 valence electrons. The Kier molecular flexibility index (Phi) is 8.18. The number of thiocarbonyl (C=S) groups is 1. The number of carbonyl (C=O) groups is 2. The highest BCUT2D eigenvalue weighted by Gasteiger charge is 2.26. The van der Waals surface area contributed by atoms with Crippen LogP contribution in [-0.4, -0.2) is 29.0 Å². The SMILES string of the molecule is CC[C@H](C)[C@H](NC(=O)c1ccccc1)C(=O)NNC(=S)NC(C)C. The minimum Gasteiger partial charge on any atom is -0.359 e. The zero-order chi connectivity index (χ0) is 18.1. The third-order valence-electron chi connectivity index (χ3n) is 3.54. The summed E-state index contributed by atoms with van der Waals surface area (Å²) in [6.45, 7) is 7.77. The summed E-state index contributed by atoms with van der Waals surface area (Å²) in [7, 11) is 0. The van der Waals surface area contributed by atoms with Crippen LogP contribution >= 0.6 is 12.2 Å². The van der Waals surface area contributed by atoms with Gasteiger partial charge in [0.15, 0.2) is 5.11 Å². The van der Waals surface area contributed by atoms with Crippen LogP contribution in [-0.2, 0) is 4.79 Å². The summed E-state index contributed by atoms with van der Waals surface area (Å²) in [6.07, 6.45) is 0.752. The lowest BCUT2D eigenvalue weighted by Gasteiger charge is -2.24. The fraction of sp³-hybridized carbons (Fsp3) is 0.471.